The molecule has 2 fully saturated rings. The summed E-state index contributed by atoms with van der Waals surface area (Å²) in [5, 5.41) is 8.76. The number of aromatic nitrogens is 3. The number of halogens is 1. The molecule has 0 N–H and O–H groups in total. The van der Waals surface area contributed by atoms with E-state index >= 15 is 0 Å². The number of carbonyl (C=O) groups is 1. The molecule has 2 aliphatic heterocycles. The highest BCUT2D eigenvalue weighted by Crippen LogP contribution is 2.32. The normalized spacial score (nSPS) is 23.4. The van der Waals surface area contributed by atoms with E-state index in [0.29, 0.717) is 6.04 Å². The lowest BCUT2D eigenvalue weighted by Gasteiger charge is -2.41. The van der Waals surface area contributed by atoms with Gasteiger partial charge in [-0.1, -0.05) is 19.3 Å². The lowest BCUT2D eigenvalue weighted by atomic mass is 9.93. The molecule has 1 aromatic carbocycles. The minimum absolute atomic E-state index is 0.192. The van der Waals surface area contributed by atoms with Crippen molar-refractivity contribution in [3.63, 3.8) is 0 Å². The van der Waals surface area contributed by atoms with Gasteiger partial charge in [0.1, 0.15) is 11.6 Å². The molecular formula is C23H30FN5O. The maximum atomic E-state index is 13.4. The van der Waals surface area contributed by atoms with E-state index in [1.807, 2.05) is 4.90 Å². The van der Waals surface area contributed by atoms with Crippen LogP contribution in [0.1, 0.15) is 56.7 Å². The van der Waals surface area contributed by atoms with E-state index in [9.17, 15) is 9.18 Å². The second kappa shape index (κ2) is 8.46. The van der Waals surface area contributed by atoms with Gasteiger partial charge in [0.2, 0.25) is 5.91 Å². The molecule has 1 unspecified atom stereocenters. The summed E-state index contributed by atoms with van der Waals surface area (Å²) >= 11 is 0. The van der Waals surface area contributed by atoms with E-state index in [4.69, 9.17) is 0 Å². The second-order valence-electron chi connectivity index (χ2n) is 8.89. The molecule has 0 bridgehead atoms. The lowest BCUT2D eigenvalue weighted by molar-refractivity contribution is -0.135. The van der Waals surface area contributed by atoms with Gasteiger partial charge in [-0.2, -0.15) is 0 Å². The first kappa shape index (κ1) is 19.7. The van der Waals surface area contributed by atoms with Gasteiger partial charge in [-0.05, 0) is 49.9 Å². The molecule has 6 nitrogen and oxygen atoms in total. The molecule has 1 atom stereocenters. The summed E-state index contributed by atoms with van der Waals surface area (Å²) in [6, 6.07) is 7.04. The van der Waals surface area contributed by atoms with E-state index in [1.54, 1.807) is 12.1 Å². The average Bonchev–Trinajstić information content (AvgIpc) is 3.24. The van der Waals surface area contributed by atoms with E-state index in [2.05, 4.69) is 19.7 Å². The SMILES string of the molecule is O=C(C1CCCn2c(-c3ccc(F)cc3)nnc21)N1CCN(C2CCCCC2)CC1. The largest absolute Gasteiger partial charge is 0.339 e. The van der Waals surface area contributed by atoms with Crippen molar-refractivity contribution in [1.29, 1.82) is 0 Å². The molecule has 0 radical (unpaired) electrons. The van der Waals surface area contributed by atoms with Gasteiger partial charge < -0.3 is 9.47 Å². The van der Waals surface area contributed by atoms with E-state index in [0.717, 1.165) is 62.8 Å². The molecule has 0 spiro atoms. The Morgan fingerprint density at radius 2 is 1.60 bits per heavy atom. The van der Waals surface area contributed by atoms with Crippen molar-refractivity contribution < 1.29 is 9.18 Å². The Balaban J connectivity index is 1.28. The van der Waals surface area contributed by atoms with Crippen molar-refractivity contribution in [3.05, 3.63) is 35.9 Å². The first-order chi connectivity index (χ1) is 14.7. The van der Waals surface area contributed by atoms with Crippen LogP contribution < -0.4 is 0 Å². The maximum Gasteiger partial charge on any atom is 0.233 e. The van der Waals surface area contributed by atoms with Gasteiger partial charge in [0.25, 0.3) is 0 Å². The van der Waals surface area contributed by atoms with Crippen LogP contribution in [0.2, 0.25) is 0 Å². The Morgan fingerprint density at radius 1 is 0.867 bits per heavy atom. The summed E-state index contributed by atoms with van der Waals surface area (Å²) in [6.07, 6.45) is 8.44. The Kier molecular flexibility index (Phi) is 5.54. The molecule has 7 heteroatoms. The fraction of sp³-hybridized carbons (Fsp3) is 0.609. The molecule has 1 aromatic heterocycles. The van der Waals surface area contributed by atoms with E-state index in [-0.39, 0.29) is 17.6 Å². The quantitative estimate of drug-likeness (QED) is 0.776. The van der Waals surface area contributed by atoms with Gasteiger partial charge in [0.15, 0.2) is 5.82 Å². The minimum atomic E-state index is -0.266. The standard InChI is InChI=1S/C23H30FN5O/c24-18-10-8-17(9-11-18)21-25-26-22-20(7-4-12-29(21)22)23(30)28-15-13-27(14-16-28)19-5-2-1-3-6-19/h8-11,19-20H,1-7,12-16H2. The molecule has 1 saturated carbocycles. The third-order valence-electron chi connectivity index (χ3n) is 7.08. The Bertz CT molecular complexity index is 881. The molecule has 30 heavy (non-hydrogen) atoms. The molecule has 1 amide bonds. The summed E-state index contributed by atoms with van der Waals surface area (Å²) in [5.41, 5.74) is 0.837. The van der Waals surface area contributed by atoms with Crippen LogP contribution in [-0.2, 0) is 11.3 Å². The number of piperazine rings is 1. The highest BCUT2D eigenvalue weighted by Gasteiger charge is 2.35. The van der Waals surface area contributed by atoms with Gasteiger partial charge in [-0.15, -0.1) is 10.2 Å². The van der Waals surface area contributed by atoms with Gasteiger partial charge >= 0.3 is 0 Å². The summed E-state index contributed by atoms with van der Waals surface area (Å²) in [5.74, 6) is 1.20. The zero-order valence-corrected chi connectivity index (χ0v) is 17.5. The number of nitrogens with zero attached hydrogens (tertiary/aromatic N) is 5. The first-order valence-electron chi connectivity index (χ1n) is 11.4. The molecule has 3 aliphatic rings. The van der Waals surface area contributed by atoms with E-state index in [1.165, 1.54) is 44.2 Å². The zero-order valence-electron chi connectivity index (χ0n) is 17.5. The third-order valence-corrected chi connectivity index (χ3v) is 7.08. The minimum Gasteiger partial charge on any atom is -0.339 e. The molecule has 2 aromatic rings. The number of hydrogen-bond acceptors (Lipinski definition) is 4. The van der Waals surface area contributed by atoms with Crippen LogP contribution in [0.25, 0.3) is 11.4 Å². The molecule has 160 valence electrons. The van der Waals surface area contributed by atoms with Crippen LogP contribution >= 0.6 is 0 Å². The number of carbonyl (C=O) groups excluding carboxylic acids is 1. The Labute approximate surface area is 177 Å². The van der Waals surface area contributed by atoms with E-state index < -0.39 is 0 Å². The van der Waals surface area contributed by atoms with Crippen molar-refractivity contribution in [2.24, 2.45) is 0 Å². The van der Waals surface area contributed by atoms with Crippen LogP contribution in [0.5, 0.6) is 0 Å². The highest BCUT2D eigenvalue weighted by molar-refractivity contribution is 5.83. The van der Waals surface area contributed by atoms with Crippen LogP contribution in [0.3, 0.4) is 0 Å². The maximum absolute atomic E-state index is 13.4. The predicted molar refractivity (Wildman–Crippen MR) is 112 cm³/mol. The predicted octanol–water partition coefficient (Wildman–Crippen LogP) is 3.44. The summed E-state index contributed by atoms with van der Waals surface area (Å²) in [7, 11) is 0. The smallest absolute Gasteiger partial charge is 0.233 e. The van der Waals surface area contributed by atoms with Crippen LogP contribution in [-0.4, -0.2) is 62.7 Å². The molecule has 1 saturated heterocycles. The second-order valence-corrected chi connectivity index (χ2v) is 8.89. The number of amides is 1. The molecule has 3 heterocycles. The monoisotopic (exact) mass is 411 g/mol. The fourth-order valence-electron chi connectivity index (χ4n) is 5.40. The average molecular weight is 412 g/mol. The van der Waals surface area contributed by atoms with Crippen molar-refractivity contribution in [2.45, 2.75) is 63.5 Å². The van der Waals surface area contributed by atoms with Gasteiger partial charge in [0, 0.05) is 44.3 Å². The van der Waals surface area contributed by atoms with Gasteiger partial charge in [0.05, 0.1) is 5.92 Å². The zero-order chi connectivity index (χ0) is 20.5. The van der Waals surface area contributed by atoms with Crippen molar-refractivity contribution in [3.8, 4) is 11.4 Å². The fourth-order valence-corrected chi connectivity index (χ4v) is 5.40. The highest BCUT2D eigenvalue weighted by atomic mass is 19.1. The molecule has 5 rings (SSSR count). The summed E-state index contributed by atoms with van der Waals surface area (Å²) < 4.78 is 15.3. The number of fused-ring (bicyclic) bond motifs is 1. The lowest BCUT2D eigenvalue weighted by Crippen LogP contribution is -2.53. The number of rotatable bonds is 3. The van der Waals surface area contributed by atoms with Crippen molar-refractivity contribution >= 4 is 5.91 Å². The molecule has 1 aliphatic carbocycles. The van der Waals surface area contributed by atoms with Crippen molar-refractivity contribution in [1.82, 2.24) is 24.6 Å². The van der Waals surface area contributed by atoms with Gasteiger partial charge in [-0.25, -0.2) is 4.39 Å². The number of hydrogen-bond donors (Lipinski definition) is 0. The Hall–Kier alpha value is -2.28. The van der Waals surface area contributed by atoms with Crippen molar-refractivity contribution in [2.75, 3.05) is 26.2 Å². The van der Waals surface area contributed by atoms with Crippen LogP contribution in [0, 0.1) is 5.82 Å². The number of benzene rings is 1. The van der Waals surface area contributed by atoms with Crippen LogP contribution in [0.15, 0.2) is 24.3 Å². The molecular weight excluding hydrogens is 381 g/mol. The first-order valence-corrected chi connectivity index (χ1v) is 11.4. The van der Waals surface area contributed by atoms with Gasteiger partial charge in [-0.3, -0.25) is 9.69 Å². The summed E-state index contributed by atoms with van der Waals surface area (Å²) in [6.45, 7) is 4.39. The topological polar surface area (TPSA) is 54.3 Å². The summed E-state index contributed by atoms with van der Waals surface area (Å²) in [4.78, 5) is 18.0. The Morgan fingerprint density at radius 3 is 2.33 bits per heavy atom. The van der Waals surface area contributed by atoms with Crippen LogP contribution in [0.4, 0.5) is 4.39 Å². The third kappa shape index (κ3) is 3.75.